The number of hydrogen-bond acceptors (Lipinski definition) is 2. The van der Waals surface area contributed by atoms with E-state index < -0.39 is 0 Å². The van der Waals surface area contributed by atoms with Gasteiger partial charge in [-0.25, -0.2) is 0 Å². The Morgan fingerprint density at radius 2 is 1.76 bits per heavy atom. The van der Waals surface area contributed by atoms with Gasteiger partial charge in [0.2, 0.25) is 0 Å². The lowest BCUT2D eigenvalue weighted by molar-refractivity contribution is -0.0354. The predicted octanol–water partition coefficient (Wildman–Crippen LogP) is 2.54. The standard InChI is InChI=1S/C15H25O2/c1-13(2)7-9-10(8-13)15(4)11(16)5-6-14(15,3)12(9)17/h9,11-12,16-17H,5-8H2,1-4H3/q+1/t9-,11+,12-,14+,15+/m0/s1. The molecule has 0 radical (unpaired) electrons. The fourth-order valence-electron chi connectivity index (χ4n) is 5.15. The normalized spacial score (nSPS) is 56.1. The third kappa shape index (κ3) is 1.16. The molecule has 5 atom stereocenters. The topological polar surface area (TPSA) is 40.5 Å². The molecule has 0 bridgehead atoms. The molecule has 17 heavy (non-hydrogen) atoms. The summed E-state index contributed by atoms with van der Waals surface area (Å²) in [7, 11) is 0. The zero-order valence-electron chi connectivity index (χ0n) is 11.5. The van der Waals surface area contributed by atoms with Gasteiger partial charge in [-0.3, -0.25) is 0 Å². The van der Waals surface area contributed by atoms with Crippen LogP contribution in [0.1, 0.15) is 53.4 Å². The van der Waals surface area contributed by atoms with Gasteiger partial charge in [0.1, 0.15) is 29.5 Å². The molecule has 2 N–H and O–H groups in total. The van der Waals surface area contributed by atoms with Crippen molar-refractivity contribution in [3.05, 3.63) is 5.92 Å². The van der Waals surface area contributed by atoms with E-state index in [-0.39, 0.29) is 23.0 Å². The molecule has 0 aromatic heterocycles. The van der Waals surface area contributed by atoms with Crippen LogP contribution in [0.3, 0.4) is 0 Å². The van der Waals surface area contributed by atoms with Gasteiger partial charge in [-0.1, -0.05) is 20.8 Å². The van der Waals surface area contributed by atoms with E-state index in [9.17, 15) is 10.2 Å². The molecule has 3 fully saturated rings. The van der Waals surface area contributed by atoms with Gasteiger partial charge in [-0.05, 0) is 19.8 Å². The van der Waals surface area contributed by atoms with Crippen LogP contribution >= 0.6 is 0 Å². The van der Waals surface area contributed by atoms with Crippen LogP contribution in [0.25, 0.3) is 0 Å². The summed E-state index contributed by atoms with van der Waals surface area (Å²) in [6, 6.07) is 0. The van der Waals surface area contributed by atoms with E-state index in [0.717, 1.165) is 25.7 Å². The maximum atomic E-state index is 10.7. The van der Waals surface area contributed by atoms with Gasteiger partial charge in [-0.2, -0.15) is 0 Å². The quantitative estimate of drug-likeness (QED) is 0.636. The molecule has 3 aliphatic carbocycles. The molecule has 0 amide bonds. The number of fused-ring (bicyclic) bond motifs is 3. The second-order valence-corrected chi connectivity index (χ2v) is 7.80. The van der Waals surface area contributed by atoms with E-state index >= 15 is 0 Å². The molecule has 3 aliphatic rings. The van der Waals surface area contributed by atoms with Crippen molar-refractivity contribution < 1.29 is 10.2 Å². The van der Waals surface area contributed by atoms with Crippen LogP contribution in [-0.2, 0) is 0 Å². The SMILES string of the molecule is CC1(C)C[C+]2[C@H](C1)[C@H](O)[C@@]1(C)CC[C@@H](O)[C@@]21C. The minimum Gasteiger partial charge on any atom is -0.388 e. The van der Waals surface area contributed by atoms with Crippen molar-refractivity contribution >= 4 is 0 Å². The molecule has 0 aliphatic heterocycles. The van der Waals surface area contributed by atoms with Gasteiger partial charge < -0.3 is 10.2 Å². The van der Waals surface area contributed by atoms with E-state index in [1.807, 2.05) is 0 Å². The molecule has 0 aromatic rings. The van der Waals surface area contributed by atoms with Crippen LogP contribution in [0.4, 0.5) is 0 Å². The van der Waals surface area contributed by atoms with Gasteiger partial charge in [0.25, 0.3) is 0 Å². The Morgan fingerprint density at radius 1 is 1.12 bits per heavy atom. The van der Waals surface area contributed by atoms with Crippen molar-refractivity contribution in [3.63, 3.8) is 0 Å². The Morgan fingerprint density at radius 3 is 2.41 bits per heavy atom. The van der Waals surface area contributed by atoms with Gasteiger partial charge in [-0.15, -0.1) is 0 Å². The number of rotatable bonds is 0. The van der Waals surface area contributed by atoms with Crippen LogP contribution in [0.5, 0.6) is 0 Å². The van der Waals surface area contributed by atoms with E-state index in [4.69, 9.17) is 0 Å². The van der Waals surface area contributed by atoms with Crippen molar-refractivity contribution in [3.8, 4) is 0 Å². The summed E-state index contributed by atoms with van der Waals surface area (Å²) >= 11 is 0. The highest BCUT2D eigenvalue weighted by atomic mass is 16.3. The van der Waals surface area contributed by atoms with Crippen molar-refractivity contribution in [2.24, 2.45) is 22.2 Å². The minimum atomic E-state index is -0.254. The van der Waals surface area contributed by atoms with Crippen molar-refractivity contribution in [2.75, 3.05) is 0 Å². The van der Waals surface area contributed by atoms with Gasteiger partial charge in [0.05, 0.1) is 6.42 Å². The Bertz CT molecular complexity index is 351. The summed E-state index contributed by atoms with van der Waals surface area (Å²) in [6.07, 6.45) is 3.48. The Balaban J connectivity index is 2.05. The lowest BCUT2D eigenvalue weighted by Gasteiger charge is -2.35. The Labute approximate surface area is 104 Å². The third-order valence-electron chi connectivity index (χ3n) is 6.38. The molecule has 2 nitrogen and oxygen atoms in total. The van der Waals surface area contributed by atoms with Crippen LogP contribution in [0.15, 0.2) is 0 Å². The first-order chi connectivity index (χ1) is 7.72. The van der Waals surface area contributed by atoms with Gasteiger partial charge >= 0.3 is 0 Å². The largest absolute Gasteiger partial charge is 0.388 e. The fourth-order valence-corrected chi connectivity index (χ4v) is 5.15. The highest BCUT2D eigenvalue weighted by molar-refractivity contribution is 5.33. The molecule has 0 heterocycles. The molecular formula is C15H25O2+. The highest BCUT2D eigenvalue weighted by Gasteiger charge is 2.79. The summed E-state index contributed by atoms with van der Waals surface area (Å²) in [5.41, 5.74) is 0.0569. The second kappa shape index (κ2) is 3.03. The Kier molecular flexibility index (Phi) is 2.11. The first-order valence-corrected chi connectivity index (χ1v) is 6.95. The van der Waals surface area contributed by atoms with E-state index in [0.29, 0.717) is 11.3 Å². The van der Waals surface area contributed by atoms with E-state index in [1.54, 1.807) is 0 Å². The molecule has 0 spiro atoms. The zero-order chi connectivity index (χ0) is 12.6. The van der Waals surface area contributed by atoms with Crippen LogP contribution in [0, 0.1) is 28.1 Å². The maximum absolute atomic E-state index is 10.7. The number of aliphatic hydroxyl groups excluding tert-OH is 2. The number of aliphatic hydroxyl groups is 2. The lowest BCUT2D eigenvalue weighted by atomic mass is 9.63. The summed E-state index contributed by atoms with van der Waals surface area (Å²) in [5.74, 6) is 1.79. The molecule has 0 saturated heterocycles. The molecule has 0 unspecified atom stereocenters. The Hall–Kier alpha value is -0.210. The molecule has 0 aromatic carbocycles. The first-order valence-electron chi connectivity index (χ1n) is 6.95. The highest BCUT2D eigenvalue weighted by Crippen LogP contribution is 2.73. The maximum Gasteiger partial charge on any atom is 0.141 e. The minimum absolute atomic E-state index is 0.0943. The van der Waals surface area contributed by atoms with E-state index in [2.05, 4.69) is 27.7 Å². The molecule has 3 saturated carbocycles. The third-order valence-corrected chi connectivity index (χ3v) is 6.38. The first kappa shape index (κ1) is 11.9. The van der Waals surface area contributed by atoms with Crippen LogP contribution in [0.2, 0.25) is 0 Å². The lowest BCUT2D eigenvalue weighted by Crippen LogP contribution is -2.43. The molecule has 3 rings (SSSR count). The average molecular weight is 237 g/mol. The predicted molar refractivity (Wildman–Crippen MR) is 67.2 cm³/mol. The van der Waals surface area contributed by atoms with Crippen LogP contribution < -0.4 is 0 Å². The average Bonchev–Trinajstić information content (AvgIpc) is 2.73. The van der Waals surface area contributed by atoms with E-state index in [1.165, 1.54) is 5.92 Å². The summed E-state index contributed by atoms with van der Waals surface area (Å²) in [5, 5.41) is 21.1. The monoisotopic (exact) mass is 237 g/mol. The summed E-state index contributed by atoms with van der Waals surface area (Å²) in [6.45, 7) is 8.96. The zero-order valence-corrected chi connectivity index (χ0v) is 11.5. The van der Waals surface area contributed by atoms with Crippen molar-refractivity contribution in [1.29, 1.82) is 0 Å². The number of hydrogen-bond donors (Lipinski definition) is 2. The molecule has 2 heteroatoms. The van der Waals surface area contributed by atoms with Gasteiger partial charge in [0.15, 0.2) is 0 Å². The smallest absolute Gasteiger partial charge is 0.141 e. The van der Waals surface area contributed by atoms with Crippen molar-refractivity contribution in [1.82, 2.24) is 0 Å². The molecule has 96 valence electrons. The summed E-state index contributed by atoms with van der Waals surface area (Å²) < 4.78 is 0. The van der Waals surface area contributed by atoms with Crippen molar-refractivity contribution in [2.45, 2.75) is 65.6 Å². The second-order valence-electron chi connectivity index (χ2n) is 7.80. The van der Waals surface area contributed by atoms with Crippen LogP contribution in [-0.4, -0.2) is 22.4 Å². The fraction of sp³-hybridized carbons (Fsp3) is 0.933. The summed E-state index contributed by atoms with van der Waals surface area (Å²) in [4.78, 5) is 0. The van der Waals surface area contributed by atoms with Gasteiger partial charge in [0, 0.05) is 17.3 Å². The molecular weight excluding hydrogens is 212 g/mol.